The van der Waals surface area contributed by atoms with Gasteiger partial charge in [-0.2, -0.15) is 0 Å². The number of aromatic amines is 2. The Hall–Kier alpha value is -3.29. The van der Waals surface area contributed by atoms with E-state index < -0.39 is 23.2 Å². The van der Waals surface area contributed by atoms with Gasteiger partial charge < -0.3 is 10.1 Å². The maximum Gasteiger partial charge on any atom is 0.335 e. The minimum Gasteiger partial charge on any atom is -0.494 e. The topological polar surface area (TPSA) is 94.1 Å². The average Bonchev–Trinajstić information content (AvgIpc) is 3.10. The zero-order valence-electron chi connectivity index (χ0n) is 17.1. The SMILES string of the molecule is Cc1ccc(-n2c(O)c(C3c4[nH]c5ccccc5c4CCN3C)c(=O)[nH]c2=O)cc1Cl. The van der Waals surface area contributed by atoms with Crippen LogP contribution in [0, 0.1) is 6.92 Å². The van der Waals surface area contributed by atoms with Crippen molar-refractivity contribution in [2.45, 2.75) is 19.4 Å². The fourth-order valence-electron chi connectivity index (χ4n) is 4.47. The lowest BCUT2D eigenvalue weighted by Gasteiger charge is -2.33. The van der Waals surface area contributed by atoms with Gasteiger partial charge >= 0.3 is 5.69 Å². The third kappa shape index (κ3) is 3.00. The molecule has 1 unspecified atom stereocenters. The average molecular weight is 437 g/mol. The molecule has 0 bridgehead atoms. The van der Waals surface area contributed by atoms with Crippen LogP contribution in [0.2, 0.25) is 5.02 Å². The normalized spacial score (nSPS) is 16.5. The highest BCUT2D eigenvalue weighted by atomic mass is 35.5. The molecule has 0 saturated carbocycles. The first-order valence-electron chi connectivity index (χ1n) is 10.0. The number of aryl methyl sites for hydroxylation is 1. The summed E-state index contributed by atoms with van der Waals surface area (Å²) in [6.07, 6.45) is 0.818. The lowest BCUT2D eigenvalue weighted by Crippen LogP contribution is -2.39. The molecule has 0 fully saturated rings. The molecule has 1 aliphatic heterocycles. The summed E-state index contributed by atoms with van der Waals surface area (Å²) in [5.74, 6) is -0.392. The van der Waals surface area contributed by atoms with E-state index in [1.165, 1.54) is 0 Å². The first-order valence-corrected chi connectivity index (χ1v) is 10.4. The predicted molar refractivity (Wildman–Crippen MR) is 121 cm³/mol. The molecule has 31 heavy (non-hydrogen) atoms. The molecule has 158 valence electrons. The monoisotopic (exact) mass is 436 g/mol. The van der Waals surface area contributed by atoms with Gasteiger partial charge in [0.1, 0.15) is 5.56 Å². The number of aromatic nitrogens is 3. The van der Waals surface area contributed by atoms with E-state index in [2.05, 4.69) is 9.97 Å². The summed E-state index contributed by atoms with van der Waals surface area (Å²) in [6.45, 7) is 2.55. The standard InChI is InChI=1S/C23H21ClN4O3/c1-12-7-8-13(11-16(12)24)28-22(30)18(21(29)26-23(28)31)20-19-15(9-10-27(20)2)14-5-3-4-6-17(14)25-19/h3-8,11,20,25,30H,9-10H2,1-2H3,(H,26,29,31). The summed E-state index contributed by atoms with van der Waals surface area (Å²) in [7, 11) is 1.90. The second kappa shape index (κ2) is 7.14. The van der Waals surface area contributed by atoms with E-state index in [1.807, 2.05) is 43.1 Å². The third-order valence-electron chi connectivity index (χ3n) is 6.08. The molecule has 0 radical (unpaired) electrons. The highest BCUT2D eigenvalue weighted by molar-refractivity contribution is 6.31. The molecule has 4 aromatic rings. The van der Waals surface area contributed by atoms with Crippen molar-refractivity contribution in [3.63, 3.8) is 0 Å². The van der Waals surface area contributed by atoms with E-state index in [0.29, 0.717) is 17.3 Å². The first-order chi connectivity index (χ1) is 14.9. The smallest absolute Gasteiger partial charge is 0.335 e. The summed E-state index contributed by atoms with van der Waals surface area (Å²) < 4.78 is 1.09. The van der Waals surface area contributed by atoms with E-state index in [0.717, 1.165) is 38.7 Å². The molecule has 0 spiro atoms. The van der Waals surface area contributed by atoms with Crippen LogP contribution >= 0.6 is 11.6 Å². The summed E-state index contributed by atoms with van der Waals surface area (Å²) in [6, 6.07) is 12.5. The van der Waals surface area contributed by atoms with Crippen molar-refractivity contribution in [3.8, 4) is 11.6 Å². The molecule has 2 aromatic carbocycles. The molecular weight excluding hydrogens is 416 g/mol. The van der Waals surface area contributed by atoms with Gasteiger partial charge in [0, 0.05) is 28.2 Å². The summed E-state index contributed by atoms with van der Waals surface area (Å²) in [4.78, 5) is 33.4. The lowest BCUT2D eigenvalue weighted by atomic mass is 9.94. The van der Waals surface area contributed by atoms with Gasteiger partial charge in [0.15, 0.2) is 0 Å². The summed E-state index contributed by atoms with van der Waals surface area (Å²) in [5.41, 5.74) is 2.95. The molecule has 7 nitrogen and oxygen atoms in total. The van der Waals surface area contributed by atoms with Crippen LogP contribution in [0.3, 0.4) is 0 Å². The van der Waals surface area contributed by atoms with Crippen molar-refractivity contribution in [1.29, 1.82) is 0 Å². The molecule has 1 atom stereocenters. The quantitative estimate of drug-likeness (QED) is 0.449. The Morgan fingerprint density at radius 2 is 1.90 bits per heavy atom. The molecule has 5 rings (SSSR count). The number of H-pyrrole nitrogens is 2. The van der Waals surface area contributed by atoms with Gasteiger partial charge in [-0.1, -0.05) is 35.9 Å². The lowest BCUT2D eigenvalue weighted by molar-refractivity contribution is 0.252. The van der Waals surface area contributed by atoms with Crippen LogP contribution in [0.4, 0.5) is 0 Å². The summed E-state index contributed by atoms with van der Waals surface area (Å²) in [5, 5.41) is 12.8. The maximum atomic E-state index is 12.9. The van der Waals surface area contributed by atoms with Crippen LogP contribution in [-0.2, 0) is 6.42 Å². The first kappa shape index (κ1) is 19.7. The van der Waals surface area contributed by atoms with Crippen molar-refractivity contribution in [1.82, 2.24) is 19.4 Å². The summed E-state index contributed by atoms with van der Waals surface area (Å²) >= 11 is 6.24. The van der Waals surface area contributed by atoms with E-state index in [1.54, 1.807) is 18.2 Å². The maximum absolute atomic E-state index is 12.9. The van der Waals surface area contributed by atoms with Gasteiger partial charge in [0.2, 0.25) is 5.88 Å². The molecule has 8 heteroatoms. The minimum absolute atomic E-state index is 0.117. The Bertz CT molecular complexity index is 1450. The number of benzene rings is 2. The second-order valence-corrected chi connectivity index (χ2v) is 8.37. The van der Waals surface area contributed by atoms with Gasteiger partial charge in [0.25, 0.3) is 5.56 Å². The Balaban J connectivity index is 1.77. The van der Waals surface area contributed by atoms with Gasteiger partial charge in [-0.25, -0.2) is 9.36 Å². The van der Waals surface area contributed by atoms with Crippen molar-refractivity contribution >= 4 is 22.5 Å². The number of nitrogens with one attached hydrogen (secondary N) is 2. The molecule has 2 aromatic heterocycles. The second-order valence-electron chi connectivity index (χ2n) is 7.96. The molecule has 3 heterocycles. The van der Waals surface area contributed by atoms with Crippen LogP contribution in [0.5, 0.6) is 5.88 Å². The van der Waals surface area contributed by atoms with Crippen LogP contribution in [0.1, 0.15) is 28.4 Å². The fraction of sp³-hybridized carbons (Fsp3) is 0.217. The van der Waals surface area contributed by atoms with Crippen molar-refractivity contribution in [2.24, 2.45) is 0 Å². The highest BCUT2D eigenvalue weighted by Crippen LogP contribution is 2.39. The van der Waals surface area contributed by atoms with Crippen LogP contribution in [0.15, 0.2) is 52.1 Å². The van der Waals surface area contributed by atoms with Gasteiger partial charge in [-0.05, 0) is 49.7 Å². The number of aromatic hydroxyl groups is 1. The Morgan fingerprint density at radius 1 is 1.13 bits per heavy atom. The molecule has 0 amide bonds. The predicted octanol–water partition coefficient (Wildman–Crippen LogP) is 3.25. The van der Waals surface area contributed by atoms with Gasteiger partial charge in [-0.15, -0.1) is 0 Å². The largest absolute Gasteiger partial charge is 0.494 e. The Kier molecular flexibility index (Phi) is 4.53. The number of hydrogen-bond donors (Lipinski definition) is 3. The van der Waals surface area contributed by atoms with Crippen molar-refractivity contribution in [2.75, 3.05) is 13.6 Å². The fourth-order valence-corrected chi connectivity index (χ4v) is 4.65. The van der Waals surface area contributed by atoms with Crippen LogP contribution in [0.25, 0.3) is 16.6 Å². The van der Waals surface area contributed by atoms with Crippen molar-refractivity contribution < 1.29 is 5.11 Å². The molecule has 3 N–H and O–H groups in total. The third-order valence-corrected chi connectivity index (χ3v) is 6.49. The zero-order chi connectivity index (χ0) is 21.9. The van der Waals surface area contributed by atoms with E-state index >= 15 is 0 Å². The van der Waals surface area contributed by atoms with Crippen molar-refractivity contribution in [3.05, 3.63) is 90.7 Å². The number of fused-ring (bicyclic) bond motifs is 3. The number of nitrogens with zero attached hydrogens (tertiary/aromatic N) is 2. The molecule has 0 saturated heterocycles. The van der Waals surface area contributed by atoms with E-state index in [9.17, 15) is 14.7 Å². The van der Waals surface area contributed by atoms with E-state index in [-0.39, 0.29) is 5.56 Å². The Labute approximate surface area is 182 Å². The zero-order valence-corrected chi connectivity index (χ0v) is 17.8. The minimum atomic E-state index is -0.721. The highest BCUT2D eigenvalue weighted by Gasteiger charge is 2.34. The number of likely N-dealkylation sites (N-methyl/N-ethyl adjacent to an activating group) is 1. The Morgan fingerprint density at radius 3 is 2.68 bits per heavy atom. The van der Waals surface area contributed by atoms with E-state index in [4.69, 9.17) is 11.6 Å². The van der Waals surface area contributed by atoms with Gasteiger partial charge in [-0.3, -0.25) is 14.7 Å². The number of hydrogen-bond acceptors (Lipinski definition) is 4. The molecule has 0 aliphatic carbocycles. The van der Waals surface area contributed by atoms with Gasteiger partial charge in [0.05, 0.1) is 11.7 Å². The number of halogens is 1. The molecular formula is C23H21ClN4O3. The van der Waals surface area contributed by atoms with Crippen LogP contribution in [-0.4, -0.2) is 38.1 Å². The number of para-hydroxylation sites is 1. The molecule has 1 aliphatic rings. The number of rotatable bonds is 2. The van der Waals surface area contributed by atoms with Crippen LogP contribution < -0.4 is 11.2 Å².